The van der Waals surface area contributed by atoms with Crippen LogP contribution in [-0.4, -0.2) is 41.4 Å². The van der Waals surface area contributed by atoms with Crippen LogP contribution >= 0.6 is 34.7 Å². The molecule has 1 atom stereocenters. The Bertz CT molecular complexity index is 766. The number of benzene rings is 1. The second-order valence-electron chi connectivity index (χ2n) is 5.58. The predicted molar refractivity (Wildman–Crippen MR) is 97.8 cm³/mol. The molecule has 8 heteroatoms. The Morgan fingerprint density at radius 1 is 1.42 bits per heavy atom. The molecule has 0 saturated carbocycles. The second-order valence-corrected chi connectivity index (χ2v) is 7.17. The second kappa shape index (κ2) is 7.17. The molecule has 1 N–H and O–H groups in total. The van der Waals surface area contributed by atoms with Gasteiger partial charge in [0.25, 0.3) is 5.91 Å². The zero-order chi connectivity index (χ0) is 17.3. The molecule has 2 heterocycles. The minimum absolute atomic E-state index is 0.00848. The molecule has 0 aliphatic carbocycles. The number of aromatic nitrogens is 1. The minimum atomic E-state index is -0.0591. The molecule has 0 unspecified atom stereocenters. The number of amides is 1. The first-order chi connectivity index (χ1) is 11.5. The average Bonchev–Trinajstić information content (AvgIpc) is 3.17. The van der Waals surface area contributed by atoms with E-state index in [1.54, 1.807) is 30.1 Å². The highest BCUT2D eigenvalue weighted by molar-refractivity contribution is 7.10. The van der Waals surface area contributed by atoms with Crippen LogP contribution in [0.15, 0.2) is 18.2 Å². The molecular formula is C16H17Cl2N3O2S. The number of hydrogen-bond donors (Lipinski definition) is 1. The van der Waals surface area contributed by atoms with Crippen molar-refractivity contribution < 1.29 is 9.53 Å². The molecule has 3 rings (SSSR count). The first-order valence-corrected chi connectivity index (χ1v) is 9.07. The highest BCUT2D eigenvalue weighted by Crippen LogP contribution is 2.30. The molecule has 1 amide bonds. The number of ether oxygens (including phenoxy) is 1. The summed E-state index contributed by atoms with van der Waals surface area (Å²) in [5.41, 5.74) is 1.40. The van der Waals surface area contributed by atoms with Crippen molar-refractivity contribution in [2.45, 2.75) is 19.4 Å². The Morgan fingerprint density at radius 3 is 2.92 bits per heavy atom. The molecule has 0 spiro atoms. The van der Waals surface area contributed by atoms with Crippen LogP contribution < -0.4 is 10.1 Å². The van der Waals surface area contributed by atoms with Crippen LogP contribution in [-0.2, 0) is 0 Å². The molecule has 0 radical (unpaired) electrons. The van der Waals surface area contributed by atoms with Crippen LogP contribution in [0.1, 0.15) is 22.5 Å². The Morgan fingerprint density at radius 2 is 2.21 bits per heavy atom. The number of aryl methyl sites for hydroxylation is 1. The van der Waals surface area contributed by atoms with Gasteiger partial charge in [-0.2, -0.15) is 4.37 Å². The third kappa shape index (κ3) is 3.45. The van der Waals surface area contributed by atoms with E-state index in [4.69, 9.17) is 27.9 Å². The smallest absolute Gasteiger partial charge is 0.258 e. The van der Waals surface area contributed by atoms with Gasteiger partial charge in [0, 0.05) is 26.1 Å². The predicted octanol–water partition coefficient (Wildman–Crippen LogP) is 4.09. The molecule has 5 nitrogen and oxygen atoms in total. The molecule has 0 bridgehead atoms. The summed E-state index contributed by atoms with van der Waals surface area (Å²) in [5, 5.41) is 4.78. The van der Waals surface area contributed by atoms with E-state index in [1.807, 2.05) is 6.92 Å². The summed E-state index contributed by atoms with van der Waals surface area (Å²) in [7, 11) is 1.80. The van der Waals surface area contributed by atoms with Crippen LogP contribution in [0.25, 0.3) is 0 Å². The molecule has 24 heavy (non-hydrogen) atoms. The van der Waals surface area contributed by atoms with E-state index in [0.717, 1.165) is 17.1 Å². The van der Waals surface area contributed by atoms with E-state index in [9.17, 15) is 4.79 Å². The van der Waals surface area contributed by atoms with E-state index in [1.165, 1.54) is 11.5 Å². The van der Waals surface area contributed by atoms with Gasteiger partial charge in [0.1, 0.15) is 16.9 Å². The Labute approximate surface area is 154 Å². The zero-order valence-corrected chi connectivity index (χ0v) is 15.6. The summed E-state index contributed by atoms with van der Waals surface area (Å²) in [6, 6.07) is 5.18. The number of carbonyl (C=O) groups is 1. The molecule has 1 fully saturated rings. The van der Waals surface area contributed by atoms with Gasteiger partial charge in [-0.15, -0.1) is 0 Å². The van der Waals surface area contributed by atoms with Crippen LogP contribution in [0.3, 0.4) is 0 Å². The lowest BCUT2D eigenvalue weighted by atomic mass is 10.2. The van der Waals surface area contributed by atoms with Gasteiger partial charge in [-0.3, -0.25) is 4.79 Å². The van der Waals surface area contributed by atoms with Gasteiger partial charge in [-0.05, 0) is 30.6 Å². The quantitative estimate of drug-likeness (QED) is 0.860. The number of nitrogens with one attached hydrogen (secondary N) is 1. The maximum atomic E-state index is 12.8. The topological polar surface area (TPSA) is 54.5 Å². The summed E-state index contributed by atoms with van der Waals surface area (Å²) in [6.07, 6.45) is 0.716. The van der Waals surface area contributed by atoms with E-state index < -0.39 is 0 Å². The Kier molecular flexibility index (Phi) is 5.18. The van der Waals surface area contributed by atoms with Crippen molar-refractivity contribution in [3.05, 3.63) is 39.5 Å². The summed E-state index contributed by atoms with van der Waals surface area (Å²) in [6.45, 7) is 3.05. The Balaban J connectivity index is 1.67. The maximum Gasteiger partial charge on any atom is 0.258 e. The number of anilines is 1. The maximum absolute atomic E-state index is 12.8. The Hall–Kier alpha value is -1.50. The SMILES string of the molecule is CNc1snc(C)c1C(=O)N1CC[C@H](Oc2ccc(Cl)c(Cl)c2)C1. The lowest BCUT2D eigenvalue weighted by Crippen LogP contribution is -2.31. The molecule has 1 aliphatic heterocycles. The third-order valence-electron chi connectivity index (χ3n) is 3.93. The average molecular weight is 386 g/mol. The number of likely N-dealkylation sites (tertiary alicyclic amines) is 1. The van der Waals surface area contributed by atoms with Gasteiger partial charge in [0.15, 0.2) is 0 Å². The largest absolute Gasteiger partial charge is 0.488 e. The number of halogens is 2. The van der Waals surface area contributed by atoms with E-state index in [0.29, 0.717) is 34.4 Å². The number of rotatable bonds is 4. The summed E-state index contributed by atoms with van der Waals surface area (Å²) >= 11 is 13.2. The van der Waals surface area contributed by atoms with Crippen molar-refractivity contribution >= 4 is 45.6 Å². The number of hydrogen-bond acceptors (Lipinski definition) is 5. The molecule has 128 valence electrons. The normalized spacial score (nSPS) is 17.2. The lowest BCUT2D eigenvalue weighted by Gasteiger charge is -2.18. The first kappa shape index (κ1) is 17.3. The number of nitrogens with zero attached hydrogens (tertiary/aromatic N) is 2. The molecule has 1 aliphatic rings. The fourth-order valence-corrected chi connectivity index (χ4v) is 3.73. The van der Waals surface area contributed by atoms with E-state index in [2.05, 4.69) is 9.69 Å². The van der Waals surface area contributed by atoms with Crippen LogP contribution in [0, 0.1) is 6.92 Å². The van der Waals surface area contributed by atoms with Crippen LogP contribution in [0.2, 0.25) is 10.0 Å². The first-order valence-electron chi connectivity index (χ1n) is 7.54. The van der Waals surface area contributed by atoms with Gasteiger partial charge < -0.3 is 15.0 Å². The fourth-order valence-electron chi connectivity index (χ4n) is 2.70. The van der Waals surface area contributed by atoms with Crippen molar-refractivity contribution in [2.75, 3.05) is 25.5 Å². The minimum Gasteiger partial charge on any atom is -0.488 e. The van der Waals surface area contributed by atoms with E-state index >= 15 is 0 Å². The van der Waals surface area contributed by atoms with Gasteiger partial charge in [0.2, 0.25) is 0 Å². The zero-order valence-electron chi connectivity index (χ0n) is 13.3. The standard InChI is InChI=1S/C16H17Cl2N3O2S/c1-9-14(15(19-2)24-20-9)16(22)21-6-5-11(8-21)23-10-3-4-12(17)13(18)7-10/h3-4,7,11,19H,5-6,8H2,1-2H3/t11-/m0/s1. The highest BCUT2D eigenvalue weighted by atomic mass is 35.5. The summed E-state index contributed by atoms with van der Waals surface area (Å²) in [5.74, 6) is 0.652. The molecule has 1 aromatic carbocycles. The third-order valence-corrected chi connectivity index (χ3v) is 5.62. The van der Waals surface area contributed by atoms with Gasteiger partial charge in [-0.1, -0.05) is 23.2 Å². The summed E-state index contributed by atoms with van der Waals surface area (Å²) < 4.78 is 10.2. The molecule has 2 aromatic rings. The highest BCUT2D eigenvalue weighted by Gasteiger charge is 2.31. The van der Waals surface area contributed by atoms with Gasteiger partial charge >= 0.3 is 0 Å². The molecule has 1 saturated heterocycles. The van der Waals surface area contributed by atoms with Crippen molar-refractivity contribution in [1.29, 1.82) is 0 Å². The van der Waals surface area contributed by atoms with Gasteiger partial charge in [0.05, 0.1) is 27.8 Å². The monoisotopic (exact) mass is 385 g/mol. The van der Waals surface area contributed by atoms with Crippen LogP contribution in [0.5, 0.6) is 5.75 Å². The van der Waals surface area contributed by atoms with Crippen molar-refractivity contribution in [1.82, 2.24) is 9.27 Å². The molecule has 1 aromatic heterocycles. The fraction of sp³-hybridized carbons (Fsp3) is 0.375. The summed E-state index contributed by atoms with van der Waals surface area (Å²) in [4.78, 5) is 14.6. The molecular weight excluding hydrogens is 369 g/mol. The van der Waals surface area contributed by atoms with Crippen molar-refractivity contribution in [2.24, 2.45) is 0 Å². The van der Waals surface area contributed by atoms with Crippen molar-refractivity contribution in [3.63, 3.8) is 0 Å². The lowest BCUT2D eigenvalue weighted by molar-refractivity contribution is 0.0773. The number of carbonyl (C=O) groups excluding carboxylic acids is 1. The van der Waals surface area contributed by atoms with Gasteiger partial charge in [-0.25, -0.2) is 0 Å². The van der Waals surface area contributed by atoms with Crippen LogP contribution in [0.4, 0.5) is 5.00 Å². The van der Waals surface area contributed by atoms with E-state index in [-0.39, 0.29) is 12.0 Å². The van der Waals surface area contributed by atoms with Crippen molar-refractivity contribution in [3.8, 4) is 5.75 Å².